The summed E-state index contributed by atoms with van der Waals surface area (Å²) in [5.41, 5.74) is 0.116. The SMILES string of the molecule is O=c1c(Br)cccn1CC1CC2CCC1C2. The van der Waals surface area contributed by atoms with Gasteiger partial charge in [-0.3, -0.25) is 4.79 Å². The summed E-state index contributed by atoms with van der Waals surface area (Å²) in [4.78, 5) is 11.9. The number of hydrogen-bond acceptors (Lipinski definition) is 1. The van der Waals surface area contributed by atoms with Gasteiger partial charge in [0.05, 0.1) is 4.47 Å². The summed E-state index contributed by atoms with van der Waals surface area (Å²) < 4.78 is 2.55. The number of fused-ring (bicyclic) bond motifs is 2. The van der Waals surface area contributed by atoms with Gasteiger partial charge in [0, 0.05) is 12.7 Å². The highest BCUT2D eigenvalue weighted by Gasteiger charge is 2.39. The van der Waals surface area contributed by atoms with E-state index in [0.717, 1.165) is 24.3 Å². The molecule has 0 radical (unpaired) electrons. The fourth-order valence-corrected chi connectivity index (χ4v) is 3.88. The zero-order valence-corrected chi connectivity index (χ0v) is 10.8. The molecule has 2 aliphatic rings. The summed E-state index contributed by atoms with van der Waals surface area (Å²) in [6.45, 7) is 0.916. The van der Waals surface area contributed by atoms with Crippen molar-refractivity contribution >= 4 is 15.9 Å². The predicted octanol–water partition coefficient (Wildman–Crippen LogP) is 3.05. The van der Waals surface area contributed by atoms with E-state index in [0.29, 0.717) is 4.47 Å². The van der Waals surface area contributed by atoms with Crippen molar-refractivity contribution in [2.75, 3.05) is 0 Å². The number of hydrogen-bond donors (Lipinski definition) is 0. The van der Waals surface area contributed by atoms with Crippen molar-refractivity contribution in [3.05, 3.63) is 33.2 Å². The van der Waals surface area contributed by atoms with Gasteiger partial charge < -0.3 is 4.57 Å². The standard InChI is InChI=1S/C13H16BrNO/c14-12-2-1-5-15(13(12)16)8-11-7-9-3-4-10(11)6-9/h1-2,5,9-11H,3-4,6-8H2. The monoisotopic (exact) mass is 281 g/mol. The Morgan fingerprint density at radius 2 is 2.25 bits per heavy atom. The van der Waals surface area contributed by atoms with E-state index in [1.54, 1.807) is 0 Å². The minimum atomic E-state index is 0.116. The Balaban J connectivity index is 1.80. The van der Waals surface area contributed by atoms with E-state index in [1.165, 1.54) is 25.7 Å². The van der Waals surface area contributed by atoms with Crippen LogP contribution >= 0.6 is 15.9 Å². The first-order valence-electron chi connectivity index (χ1n) is 6.09. The second-order valence-corrected chi connectivity index (χ2v) is 6.10. The maximum absolute atomic E-state index is 11.9. The van der Waals surface area contributed by atoms with E-state index in [9.17, 15) is 4.79 Å². The molecule has 0 spiro atoms. The van der Waals surface area contributed by atoms with Crippen LogP contribution in [-0.2, 0) is 6.54 Å². The van der Waals surface area contributed by atoms with Gasteiger partial charge in [-0.15, -0.1) is 0 Å². The fourth-order valence-electron chi connectivity index (χ4n) is 3.50. The Morgan fingerprint density at radius 3 is 2.94 bits per heavy atom. The highest BCUT2D eigenvalue weighted by atomic mass is 79.9. The highest BCUT2D eigenvalue weighted by Crippen LogP contribution is 2.48. The van der Waals surface area contributed by atoms with Crippen LogP contribution in [0.5, 0.6) is 0 Å². The lowest BCUT2D eigenvalue weighted by Gasteiger charge is -2.22. The first-order chi connectivity index (χ1) is 7.74. The molecule has 2 fully saturated rings. The Bertz CT molecular complexity index is 453. The van der Waals surface area contributed by atoms with Crippen molar-refractivity contribution in [3.8, 4) is 0 Å². The number of aromatic nitrogens is 1. The van der Waals surface area contributed by atoms with Gasteiger partial charge in [-0.05, 0) is 65.1 Å². The van der Waals surface area contributed by atoms with Gasteiger partial charge in [-0.2, -0.15) is 0 Å². The van der Waals surface area contributed by atoms with Crippen LogP contribution in [-0.4, -0.2) is 4.57 Å². The average Bonchev–Trinajstić information content (AvgIpc) is 2.86. The van der Waals surface area contributed by atoms with Gasteiger partial charge in [0.2, 0.25) is 0 Å². The van der Waals surface area contributed by atoms with Gasteiger partial charge in [0.15, 0.2) is 0 Å². The molecule has 0 saturated heterocycles. The molecule has 2 nitrogen and oxygen atoms in total. The molecular weight excluding hydrogens is 266 g/mol. The lowest BCUT2D eigenvalue weighted by Crippen LogP contribution is -2.26. The Hall–Kier alpha value is -0.570. The highest BCUT2D eigenvalue weighted by molar-refractivity contribution is 9.10. The quantitative estimate of drug-likeness (QED) is 0.817. The van der Waals surface area contributed by atoms with Crippen LogP contribution in [0.1, 0.15) is 25.7 Å². The summed E-state index contributed by atoms with van der Waals surface area (Å²) in [6.07, 6.45) is 7.47. The summed E-state index contributed by atoms with van der Waals surface area (Å²) in [6, 6.07) is 3.76. The van der Waals surface area contributed by atoms with Crippen LogP contribution in [0, 0.1) is 17.8 Å². The van der Waals surface area contributed by atoms with E-state index in [-0.39, 0.29) is 5.56 Å². The zero-order valence-electron chi connectivity index (χ0n) is 9.23. The van der Waals surface area contributed by atoms with Crippen molar-refractivity contribution in [2.45, 2.75) is 32.2 Å². The smallest absolute Gasteiger partial charge is 0.264 e. The van der Waals surface area contributed by atoms with Crippen LogP contribution in [0.2, 0.25) is 0 Å². The molecule has 1 heterocycles. The fraction of sp³-hybridized carbons (Fsp3) is 0.615. The molecular formula is C13H16BrNO. The van der Waals surface area contributed by atoms with Crippen molar-refractivity contribution in [3.63, 3.8) is 0 Å². The first-order valence-corrected chi connectivity index (χ1v) is 6.88. The maximum atomic E-state index is 11.9. The van der Waals surface area contributed by atoms with Crippen LogP contribution in [0.4, 0.5) is 0 Å². The van der Waals surface area contributed by atoms with Gasteiger partial charge in [0.1, 0.15) is 0 Å². The van der Waals surface area contributed by atoms with Crippen molar-refractivity contribution in [1.29, 1.82) is 0 Å². The zero-order chi connectivity index (χ0) is 11.1. The average molecular weight is 282 g/mol. The number of rotatable bonds is 2. The molecule has 3 unspecified atom stereocenters. The van der Waals surface area contributed by atoms with E-state index in [2.05, 4.69) is 15.9 Å². The Kier molecular flexibility index (Phi) is 2.66. The van der Waals surface area contributed by atoms with Crippen molar-refractivity contribution in [1.82, 2.24) is 4.57 Å². The molecule has 2 bridgehead atoms. The number of nitrogens with zero attached hydrogens (tertiary/aromatic N) is 1. The molecule has 1 aromatic rings. The molecule has 3 atom stereocenters. The first kappa shape index (κ1) is 10.6. The van der Waals surface area contributed by atoms with Gasteiger partial charge in [0.25, 0.3) is 5.56 Å². The minimum absolute atomic E-state index is 0.116. The summed E-state index contributed by atoms with van der Waals surface area (Å²) in [7, 11) is 0. The van der Waals surface area contributed by atoms with E-state index >= 15 is 0 Å². The molecule has 2 aliphatic carbocycles. The summed E-state index contributed by atoms with van der Waals surface area (Å²) in [5, 5.41) is 0. The van der Waals surface area contributed by atoms with Crippen molar-refractivity contribution < 1.29 is 0 Å². The molecule has 0 aliphatic heterocycles. The second-order valence-electron chi connectivity index (χ2n) is 5.25. The normalized spacial score (nSPS) is 32.2. The molecule has 3 rings (SSSR count). The molecule has 2 saturated carbocycles. The van der Waals surface area contributed by atoms with Gasteiger partial charge in [-0.1, -0.05) is 6.42 Å². The molecule has 0 aromatic carbocycles. The largest absolute Gasteiger partial charge is 0.314 e. The third-order valence-corrected chi connectivity index (χ3v) is 4.89. The molecule has 0 N–H and O–H groups in total. The van der Waals surface area contributed by atoms with Crippen LogP contribution in [0.15, 0.2) is 27.6 Å². The lowest BCUT2D eigenvalue weighted by atomic mass is 9.89. The van der Waals surface area contributed by atoms with Crippen LogP contribution in [0.25, 0.3) is 0 Å². The number of halogens is 1. The lowest BCUT2D eigenvalue weighted by molar-refractivity contribution is 0.292. The van der Waals surface area contributed by atoms with E-state index < -0.39 is 0 Å². The van der Waals surface area contributed by atoms with Crippen LogP contribution in [0.3, 0.4) is 0 Å². The Labute approximate surface area is 104 Å². The maximum Gasteiger partial charge on any atom is 0.264 e. The Morgan fingerprint density at radius 1 is 1.38 bits per heavy atom. The molecule has 16 heavy (non-hydrogen) atoms. The molecule has 86 valence electrons. The summed E-state index contributed by atoms with van der Waals surface area (Å²) >= 11 is 3.30. The van der Waals surface area contributed by atoms with Crippen molar-refractivity contribution in [2.24, 2.45) is 17.8 Å². The van der Waals surface area contributed by atoms with Gasteiger partial charge in [-0.25, -0.2) is 0 Å². The second kappa shape index (κ2) is 4.02. The predicted molar refractivity (Wildman–Crippen MR) is 67.3 cm³/mol. The third-order valence-electron chi connectivity index (χ3n) is 4.29. The number of pyridine rings is 1. The molecule has 3 heteroatoms. The van der Waals surface area contributed by atoms with Gasteiger partial charge >= 0.3 is 0 Å². The third kappa shape index (κ3) is 1.75. The minimum Gasteiger partial charge on any atom is -0.314 e. The molecule has 0 amide bonds. The van der Waals surface area contributed by atoms with E-state index in [1.807, 2.05) is 22.9 Å². The van der Waals surface area contributed by atoms with Crippen LogP contribution < -0.4 is 5.56 Å². The topological polar surface area (TPSA) is 22.0 Å². The van der Waals surface area contributed by atoms with E-state index in [4.69, 9.17) is 0 Å². The summed E-state index contributed by atoms with van der Waals surface area (Å²) in [5.74, 6) is 2.58. The molecule has 1 aromatic heterocycles.